The number of aryl methyl sites for hydroxylation is 1. The summed E-state index contributed by atoms with van der Waals surface area (Å²) < 4.78 is 0. The summed E-state index contributed by atoms with van der Waals surface area (Å²) in [5, 5.41) is 10.7. The number of aromatic amines is 2. The largest absolute Gasteiger partial charge is 0.357 e. The van der Waals surface area contributed by atoms with Gasteiger partial charge in [-0.15, -0.1) is 11.3 Å². The molecule has 0 aliphatic heterocycles. The van der Waals surface area contributed by atoms with Crippen LogP contribution in [0.2, 0.25) is 0 Å². The summed E-state index contributed by atoms with van der Waals surface area (Å²) in [5.74, 6) is 0. The normalized spacial score (nSPS) is 11.8. The Morgan fingerprint density at radius 2 is 2.07 bits per heavy atom. The van der Waals surface area contributed by atoms with Crippen LogP contribution in [0.25, 0.3) is 39.3 Å². The lowest BCUT2D eigenvalue weighted by Gasteiger charge is -2.03. The standard InChI is InChI=1S/C23H18N6S/c1-3-5-15(22-6-4-9-30-22)16-10-19(27-14(16)2)23-17-11-18(21-12-24-7-8-25-21)26-13-20(17)28-29-23/h3-13,27H,1H2,2H3,(H,28,29)/b15-5+. The monoisotopic (exact) mass is 410 g/mol. The fourth-order valence-electron chi connectivity index (χ4n) is 3.51. The van der Waals surface area contributed by atoms with Crippen molar-refractivity contribution in [2.45, 2.75) is 6.92 Å². The Kier molecular flexibility index (Phi) is 4.57. The number of hydrogen-bond donors (Lipinski definition) is 2. The number of nitrogens with zero attached hydrogens (tertiary/aromatic N) is 4. The van der Waals surface area contributed by atoms with Gasteiger partial charge >= 0.3 is 0 Å². The fraction of sp³-hybridized carbons (Fsp3) is 0.0435. The molecule has 0 spiro atoms. The predicted molar refractivity (Wildman–Crippen MR) is 121 cm³/mol. The number of thiophene rings is 1. The van der Waals surface area contributed by atoms with Gasteiger partial charge in [0, 0.05) is 39.5 Å². The van der Waals surface area contributed by atoms with Crippen molar-refractivity contribution in [1.29, 1.82) is 0 Å². The van der Waals surface area contributed by atoms with Gasteiger partial charge in [-0.05, 0) is 30.5 Å². The molecule has 0 aromatic carbocycles. The van der Waals surface area contributed by atoms with E-state index in [1.807, 2.05) is 18.2 Å². The Balaban J connectivity index is 1.62. The summed E-state index contributed by atoms with van der Waals surface area (Å²) in [6, 6.07) is 8.31. The number of rotatable bonds is 5. The molecular weight excluding hydrogens is 392 g/mol. The van der Waals surface area contributed by atoms with Gasteiger partial charge in [0.25, 0.3) is 0 Å². The van der Waals surface area contributed by atoms with Crippen LogP contribution in [0.4, 0.5) is 0 Å². The summed E-state index contributed by atoms with van der Waals surface area (Å²) in [5.41, 5.74) is 7.48. The Bertz CT molecular complexity index is 1360. The Morgan fingerprint density at radius 1 is 1.13 bits per heavy atom. The average Bonchev–Trinajstić information content (AvgIpc) is 3.52. The Labute approximate surface area is 177 Å². The third kappa shape index (κ3) is 3.15. The first-order valence-corrected chi connectivity index (χ1v) is 10.3. The highest BCUT2D eigenvalue weighted by Gasteiger charge is 2.17. The Morgan fingerprint density at radius 3 is 2.83 bits per heavy atom. The van der Waals surface area contributed by atoms with E-state index in [1.54, 1.807) is 36.1 Å². The molecule has 146 valence electrons. The molecule has 0 radical (unpaired) electrons. The summed E-state index contributed by atoms with van der Waals surface area (Å²) in [7, 11) is 0. The number of pyridine rings is 1. The van der Waals surface area contributed by atoms with Crippen molar-refractivity contribution in [2.75, 3.05) is 0 Å². The maximum Gasteiger partial charge on any atom is 0.116 e. The van der Waals surface area contributed by atoms with Crippen molar-refractivity contribution in [3.8, 4) is 22.8 Å². The van der Waals surface area contributed by atoms with Crippen LogP contribution in [0.3, 0.4) is 0 Å². The molecule has 0 atom stereocenters. The second kappa shape index (κ2) is 7.53. The topological polar surface area (TPSA) is 83.1 Å². The van der Waals surface area contributed by atoms with E-state index in [0.717, 1.165) is 50.5 Å². The van der Waals surface area contributed by atoms with Gasteiger partial charge in [0.2, 0.25) is 0 Å². The molecule has 2 N–H and O–H groups in total. The molecule has 5 heterocycles. The van der Waals surface area contributed by atoms with Gasteiger partial charge in [-0.2, -0.15) is 5.10 Å². The summed E-state index contributed by atoms with van der Waals surface area (Å²) in [6.07, 6.45) is 10.7. The maximum absolute atomic E-state index is 4.55. The molecule has 5 aromatic heterocycles. The SMILES string of the molecule is C=C/C=C(/c1cccs1)c1cc(-c2n[nH]c3cnc(-c4cnccn4)cc23)[nH]c1C. The smallest absolute Gasteiger partial charge is 0.116 e. The van der Waals surface area contributed by atoms with Gasteiger partial charge in [-0.3, -0.25) is 20.1 Å². The lowest BCUT2D eigenvalue weighted by atomic mass is 10.0. The number of hydrogen-bond acceptors (Lipinski definition) is 5. The first kappa shape index (κ1) is 18.2. The highest BCUT2D eigenvalue weighted by Crippen LogP contribution is 2.34. The second-order valence-corrected chi connectivity index (χ2v) is 7.74. The molecule has 6 nitrogen and oxygen atoms in total. The van der Waals surface area contributed by atoms with Gasteiger partial charge in [0.05, 0.1) is 29.3 Å². The van der Waals surface area contributed by atoms with Crippen molar-refractivity contribution >= 4 is 27.8 Å². The van der Waals surface area contributed by atoms with Crippen LogP contribution in [-0.4, -0.2) is 30.1 Å². The first-order chi connectivity index (χ1) is 14.7. The van der Waals surface area contributed by atoms with E-state index in [0.29, 0.717) is 0 Å². The molecule has 0 unspecified atom stereocenters. The van der Waals surface area contributed by atoms with E-state index in [2.05, 4.69) is 67.2 Å². The van der Waals surface area contributed by atoms with Gasteiger partial charge in [0.1, 0.15) is 11.4 Å². The lowest BCUT2D eigenvalue weighted by molar-refractivity contribution is 1.11. The average molecular weight is 411 g/mol. The minimum Gasteiger partial charge on any atom is -0.357 e. The fourth-order valence-corrected chi connectivity index (χ4v) is 4.28. The molecule has 7 heteroatoms. The van der Waals surface area contributed by atoms with Crippen molar-refractivity contribution in [2.24, 2.45) is 0 Å². The van der Waals surface area contributed by atoms with Crippen LogP contribution in [0.1, 0.15) is 16.1 Å². The van der Waals surface area contributed by atoms with Crippen LogP contribution >= 0.6 is 11.3 Å². The number of H-pyrrole nitrogens is 2. The van der Waals surface area contributed by atoms with Crippen LogP contribution in [0.5, 0.6) is 0 Å². The minimum atomic E-state index is 0.726. The van der Waals surface area contributed by atoms with E-state index < -0.39 is 0 Å². The van der Waals surface area contributed by atoms with Crippen molar-refractivity contribution in [1.82, 2.24) is 30.1 Å². The molecule has 0 saturated carbocycles. The van der Waals surface area contributed by atoms with Crippen LogP contribution in [0.15, 0.2) is 73.2 Å². The summed E-state index contributed by atoms with van der Waals surface area (Å²) in [6.45, 7) is 5.96. The molecule has 0 amide bonds. The van der Waals surface area contributed by atoms with E-state index in [-0.39, 0.29) is 0 Å². The van der Waals surface area contributed by atoms with Gasteiger partial charge in [-0.1, -0.05) is 24.8 Å². The number of fused-ring (bicyclic) bond motifs is 1. The van der Waals surface area contributed by atoms with Gasteiger partial charge in [-0.25, -0.2) is 0 Å². The first-order valence-electron chi connectivity index (χ1n) is 9.42. The second-order valence-electron chi connectivity index (χ2n) is 6.79. The molecule has 30 heavy (non-hydrogen) atoms. The summed E-state index contributed by atoms with van der Waals surface area (Å²) >= 11 is 1.71. The van der Waals surface area contributed by atoms with E-state index in [1.165, 1.54) is 4.88 Å². The molecule has 0 aliphatic carbocycles. The van der Waals surface area contributed by atoms with Crippen LogP contribution in [-0.2, 0) is 0 Å². The van der Waals surface area contributed by atoms with Crippen LogP contribution in [0, 0.1) is 6.92 Å². The van der Waals surface area contributed by atoms with Gasteiger partial charge < -0.3 is 4.98 Å². The van der Waals surface area contributed by atoms with Crippen LogP contribution < -0.4 is 0 Å². The number of allylic oxidation sites excluding steroid dienone is 2. The lowest BCUT2D eigenvalue weighted by Crippen LogP contribution is -1.88. The van der Waals surface area contributed by atoms with Crippen molar-refractivity contribution in [3.05, 3.63) is 89.3 Å². The third-order valence-electron chi connectivity index (χ3n) is 4.90. The summed E-state index contributed by atoms with van der Waals surface area (Å²) in [4.78, 5) is 17.7. The van der Waals surface area contributed by atoms with Crippen molar-refractivity contribution < 1.29 is 0 Å². The number of nitrogens with one attached hydrogen (secondary N) is 2. The molecular formula is C23H18N6S. The zero-order chi connectivity index (χ0) is 20.5. The number of aromatic nitrogens is 6. The predicted octanol–water partition coefficient (Wildman–Crippen LogP) is 5.40. The third-order valence-corrected chi connectivity index (χ3v) is 5.81. The molecule has 5 aromatic rings. The van der Waals surface area contributed by atoms with E-state index >= 15 is 0 Å². The van der Waals surface area contributed by atoms with Crippen molar-refractivity contribution in [3.63, 3.8) is 0 Å². The highest BCUT2D eigenvalue weighted by molar-refractivity contribution is 7.11. The molecule has 0 aliphatic rings. The van der Waals surface area contributed by atoms with Gasteiger partial charge in [0.15, 0.2) is 0 Å². The molecule has 0 fully saturated rings. The molecule has 0 bridgehead atoms. The zero-order valence-electron chi connectivity index (χ0n) is 16.3. The minimum absolute atomic E-state index is 0.726. The highest BCUT2D eigenvalue weighted by atomic mass is 32.1. The van der Waals surface area contributed by atoms with E-state index in [9.17, 15) is 0 Å². The van der Waals surface area contributed by atoms with E-state index in [4.69, 9.17) is 0 Å². The Hall–Kier alpha value is -3.84. The molecule has 0 saturated heterocycles. The maximum atomic E-state index is 4.55. The quantitative estimate of drug-likeness (QED) is 0.380. The molecule has 5 rings (SSSR count). The zero-order valence-corrected chi connectivity index (χ0v) is 17.1.